The molecular weight excluding hydrogens is 356 g/mol. The molecule has 0 saturated carbocycles. The van der Waals surface area contributed by atoms with Crippen molar-refractivity contribution in [2.75, 3.05) is 38.8 Å². The zero-order chi connectivity index (χ0) is 19.7. The second-order valence-corrected chi connectivity index (χ2v) is 6.97. The number of aromatic nitrogens is 2. The van der Waals surface area contributed by atoms with Crippen LogP contribution in [0.3, 0.4) is 0 Å². The Kier molecular flexibility index (Phi) is 4.92. The molecule has 0 unspecified atom stereocenters. The van der Waals surface area contributed by atoms with Crippen LogP contribution >= 0.6 is 0 Å². The van der Waals surface area contributed by atoms with Crippen LogP contribution in [0.1, 0.15) is 6.92 Å². The van der Waals surface area contributed by atoms with E-state index < -0.39 is 0 Å². The normalized spacial score (nSPS) is 17.0. The van der Waals surface area contributed by atoms with Crippen LogP contribution in [0.2, 0.25) is 0 Å². The second-order valence-electron chi connectivity index (χ2n) is 6.97. The molecule has 146 valence electrons. The molecule has 1 aliphatic rings. The highest BCUT2D eigenvalue weighted by atomic mass is 16.5. The van der Waals surface area contributed by atoms with Crippen LogP contribution in [0, 0.1) is 0 Å². The van der Waals surface area contributed by atoms with Gasteiger partial charge in [0.1, 0.15) is 5.65 Å². The summed E-state index contributed by atoms with van der Waals surface area (Å²) in [7, 11) is 3.18. The molecule has 0 bridgehead atoms. The molecule has 1 atom stereocenters. The first kappa shape index (κ1) is 18.3. The summed E-state index contributed by atoms with van der Waals surface area (Å²) in [6, 6.07) is 11.4. The van der Waals surface area contributed by atoms with Crippen molar-refractivity contribution < 1.29 is 9.47 Å². The number of pyridine rings is 1. The average Bonchev–Trinajstić information content (AvgIpc) is 2.73. The maximum absolute atomic E-state index is 12.8. The Balaban J connectivity index is 1.73. The smallest absolute Gasteiger partial charge is 0.258 e. The zero-order valence-electron chi connectivity index (χ0n) is 16.3. The van der Waals surface area contributed by atoms with Crippen LogP contribution in [0.25, 0.3) is 16.9 Å². The lowest BCUT2D eigenvalue weighted by Crippen LogP contribution is -2.49. The van der Waals surface area contributed by atoms with Crippen molar-refractivity contribution in [3.8, 4) is 22.8 Å². The van der Waals surface area contributed by atoms with Crippen molar-refractivity contribution >= 4 is 11.3 Å². The van der Waals surface area contributed by atoms with Crippen molar-refractivity contribution in [2.45, 2.75) is 13.0 Å². The van der Waals surface area contributed by atoms with E-state index in [0.717, 1.165) is 30.9 Å². The van der Waals surface area contributed by atoms with Gasteiger partial charge in [-0.1, -0.05) is 0 Å². The number of anilines is 1. The highest BCUT2D eigenvalue weighted by Crippen LogP contribution is 2.31. The summed E-state index contributed by atoms with van der Waals surface area (Å²) in [6.07, 6.45) is 1.88. The molecule has 1 fully saturated rings. The van der Waals surface area contributed by atoms with Gasteiger partial charge < -0.3 is 19.7 Å². The quantitative estimate of drug-likeness (QED) is 0.748. The second kappa shape index (κ2) is 7.52. The maximum atomic E-state index is 12.8. The molecule has 2 aromatic heterocycles. The summed E-state index contributed by atoms with van der Waals surface area (Å²) in [6.45, 7) is 4.93. The first-order chi connectivity index (χ1) is 13.6. The van der Waals surface area contributed by atoms with Gasteiger partial charge in [-0.05, 0) is 37.3 Å². The Morgan fingerprint density at radius 2 is 1.93 bits per heavy atom. The predicted molar refractivity (Wildman–Crippen MR) is 110 cm³/mol. The van der Waals surface area contributed by atoms with Crippen LogP contribution in [0.4, 0.5) is 5.69 Å². The number of methoxy groups -OCH3 is 2. The summed E-state index contributed by atoms with van der Waals surface area (Å²) in [5.74, 6) is 1.24. The van der Waals surface area contributed by atoms with E-state index in [1.54, 1.807) is 24.7 Å². The van der Waals surface area contributed by atoms with Gasteiger partial charge >= 0.3 is 0 Å². The van der Waals surface area contributed by atoms with Crippen LogP contribution in [0.15, 0.2) is 47.4 Å². The minimum Gasteiger partial charge on any atom is -0.493 e. The average molecular weight is 380 g/mol. The Morgan fingerprint density at radius 1 is 1.11 bits per heavy atom. The Hall–Kier alpha value is -3.06. The molecule has 4 rings (SSSR count). The van der Waals surface area contributed by atoms with Gasteiger partial charge in [0.05, 0.1) is 25.6 Å². The van der Waals surface area contributed by atoms with E-state index in [-0.39, 0.29) is 5.56 Å². The first-order valence-electron chi connectivity index (χ1n) is 9.33. The molecule has 0 amide bonds. The van der Waals surface area contributed by atoms with Crippen LogP contribution in [0.5, 0.6) is 11.5 Å². The zero-order valence-corrected chi connectivity index (χ0v) is 16.3. The van der Waals surface area contributed by atoms with E-state index in [1.807, 2.05) is 36.5 Å². The standard InChI is InChI=1S/C21H24N4O3/c1-14-12-24(9-8-22-14)16-5-7-20-23-17(11-21(26)25(20)13-16)15-4-6-18(27-2)19(10-15)28-3/h4-7,10-11,13-14,22H,8-9,12H2,1-3H3/t14-/m0/s1. The Morgan fingerprint density at radius 3 is 2.68 bits per heavy atom. The summed E-state index contributed by atoms with van der Waals surface area (Å²) in [5, 5.41) is 3.43. The monoisotopic (exact) mass is 380 g/mol. The SMILES string of the molecule is COc1ccc(-c2cc(=O)n3cc(N4CCN[C@@H](C)C4)ccc3n2)cc1OC. The number of piperazine rings is 1. The fraction of sp³-hybridized carbons (Fsp3) is 0.333. The minimum atomic E-state index is -0.111. The third-order valence-corrected chi connectivity index (χ3v) is 5.06. The fourth-order valence-electron chi connectivity index (χ4n) is 3.59. The number of nitrogens with zero attached hydrogens (tertiary/aromatic N) is 3. The highest BCUT2D eigenvalue weighted by molar-refractivity contribution is 5.66. The van der Waals surface area contributed by atoms with Crippen molar-refractivity contribution in [1.82, 2.24) is 14.7 Å². The van der Waals surface area contributed by atoms with Gasteiger partial charge in [0.15, 0.2) is 11.5 Å². The Bertz CT molecular complexity index is 1060. The summed E-state index contributed by atoms with van der Waals surface area (Å²) < 4.78 is 12.2. The van der Waals surface area contributed by atoms with E-state index >= 15 is 0 Å². The van der Waals surface area contributed by atoms with Gasteiger partial charge in [0.25, 0.3) is 5.56 Å². The van der Waals surface area contributed by atoms with Crippen LogP contribution in [-0.2, 0) is 0 Å². The van der Waals surface area contributed by atoms with E-state index in [4.69, 9.17) is 9.47 Å². The van der Waals surface area contributed by atoms with Crippen LogP contribution in [-0.4, -0.2) is 49.3 Å². The molecule has 1 aliphatic heterocycles. The fourth-order valence-corrected chi connectivity index (χ4v) is 3.59. The lowest BCUT2D eigenvalue weighted by molar-refractivity contribution is 0.355. The van der Waals surface area contributed by atoms with E-state index in [1.165, 1.54) is 0 Å². The van der Waals surface area contributed by atoms with Gasteiger partial charge in [0.2, 0.25) is 0 Å². The molecule has 1 aromatic carbocycles. The van der Waals surface area contributed by atoms with E-state index in [2.05, 4.69) is 22.1 Å². The number of hydrogen-bond donors (Lipinski definition) is 1. The minimum absolute atomic E-state index is 0.111. The molecule has 1 saturated heterocycles. The number of ether oxygens (including phenoxy) is 2. The number of nitrogens with one attached hydrogen (secondary N) is 1. The lowest BCUT2D eigenvalue weighted by atomic mass is 10.1. The number of rotatable bonds is 4. The molecule has 0 aliphatic carbocycles. The highest BCUT2D eigenvalue weighted by Gasteiger charge is 2.17. The summed E-state index contributed by atoms with van der Waals surface area (Å²) in [4.78, 5) is 19.7. The van der Waals surface area contributed by atoms with Gasteiger partial charge in [-0.15, -0.1) is 0 Å². The molecule has 3 heterocycles. The van der Waals surface area contributed by atoms with Crippen molar-refractivity contribution in [3.05, 3.63) is 52.9 Å². The molecule has 7 nitrogen and oxygen atoms in total. The lowest BCUT2D eigenvalue weighted by Gasteiger charge is -2.33. The van der Waals surface area contributed by atoms with Crippen molar-refractivity contribution in [2.24, 2.45) is 0 Å². The summed E-state index contributed by atoms with van der Waals surface area (Å²) >= 11 is 0. The van der Waals surface area contributed by atoms with E-state index in [9.17, 15) is 4.79 Å². The van der Waals surface area contributed by atoms with Crippen molar-refractivity contribution in [1.29, 1.82) is 0 Å². The van der Waals surface area contributed by atoms with Gasteiger partial charge in [-0.2, -0.15) is 0 Å². The first-order valence-corrected chi connectivity index (χ1v) is 9.33. The molecule has 7 heteroatoms. The number of fused-ring (bicyclic) bond motifs is 1. The van der Waals surface area contributed by atoms with Crippen molar-refractivity contribution in [3.63, 3.8) is 0 Å². The van der Waals surface area contributed by atoms with Gasteiger partial charge in [-0.25, -0.2) is 4.98 Å². The molecule has 0 radical (unpaired) electrons. The van der Waals surface area contributed by atoms with E-state index in [0.29, 0.717) is 28.9 Å². The third-order valence-electron chi connectivity index (χ3n) is 5.06. The topological polar surface area (TPSA) is 68.1 Å². The number of hydrogen-bond acceptors (Lipinski definition) is 6. The molecule has 0 spiro atoms. The molecule has 28 heavy (non-hydrogen) atoms. The maximum Gasteiger partial charge on any atom is 0.258 e. The summed E-state index contributed by atoms with van der Waals surface area (Å²) in [5.41, 5.74) is 2.94. The third kappa shape index (κ3) is 3.41. The molecule has 3 aromatic rings. The largest absolute Gasteiger partial charge is 0.493 e. The van der Waals surface area contributed by atoms with Crippen LogP contribution < -0.4 is 25.2 Å². The Labute approximate surface area is 163 Å². The molecule has 1 N–H and O–H groups in total. The van der Waals surface area contributed by atoms with Gasteiger partial charge in [-0.3, -0.25) is 9.20 Å². The number of benzene rings is 1. The predicted octanol–water partition coefficient (Wildman–Crippen LogP) is 2.18. The molecular formula is C21H24N4O3. The van der Waals surface area contributed by atoms with Gasteiger partial charge in [0, 0.05) is 43.5 Å².